The average molecular weight is 299 g/mol. The molecule has 1 saturated carbocycles. The first kappa shape index (κ1) is 14.7. The van der Waals surface area contributed by atoms with E-state index in [2.05, 4.69) is 20.4 Å². The van der Waals surface area contributed by atoms with E-state index in [4.69, 9.17) is 5.84 Å². The van der Waals surface area contributed by atoms with Gasteiger partial charge in [0.25, 0.3) is 0 Å². The number of pyridine rings is 1. The van der Waals surface area contributed by atoms with Crippen molar-refractivity contribution in [3.8, 4) is 0 Å². The molecule has 20 heavy (non-hydrogen) atoms. The van der Waals surface area contributed by atoms with Gasteiger partial charge in [0.1, 0.15) is 4.90 Å². The van der Waals surface area contributed by atoms with Crippen LogP contribution in [0.2, 0.25) is 0 Å². The number of nitrogen functional groups attached to an aromatic ring is 1. The van der Waals surface area contributed by atoms with Crippen LogP contribution in [0.1, 0.15) is 19.3 Å². The Bertz CT molecular complexity index is 585. The molecule has 0 aromatic carbocycles. The molecule has 1 aliphatic rings. The van der Waals surface area contributed by atoms with Gasteiger partial charge in [0.05, 0.1) is 5.69 Å². The van der Waals surface area contributed by atoms with E-state index in [1.54, 1.807) is 0 Å². The molecule has 0 unspecified atom stereocenters. The van der Waals surface area contributed by atoms with Gasteiger partial charge in [-0.05, 0) is 18.9 Å². The number of nitrogens with one attached hydrogen (secondary N) is 3. The number of hydrogen-bond acceptors (Lipinski definition) is 6. The molecular weight excluding hydrogens is 282 g/mol. The molecule has 1 heterocycles. The average Bonchev–Trinajstić information content (AvgIpc) is 3.22. The van der Waals surface area contributed by atoms with Crippen molar-refractivity contribution >= 4 is 21.6 Å². The number of nitrogens with two attached hydrogens (primary N) is 1. The molecule has 1 amide bonds. The smallest absolute Gasteiger partial charge is 0.244 e. The van der Waals surface area contributed by atoms with Crippen LogP contribution >= 0.6 is 0 Å². The zero-order chi connectivity index (χ0) is 14.6. The van der Waals surface area contributed by atoms with Crippen molar-refractivity contribution in [1.29, 1.82) is 0 Å². The minimum Gasteiger partial charge on any atom is -0.353 e. The fourth-order valence-electron chi connectivity index (χ4n) is 1.62. The first-order chi connectivity index (χ1) is 9.53. The normalized spacial score (nSPS) is 14.8. The lowest BCUT2D eigenvalue weighted by Crippen LogP contribution is -2.32. The molecule has 9 heteroatoms. The number of carbonyl (C=O) groups is 1. The SMILES string of the molecule is NNc1ccncc1S(=O)(=O)NCCC(=O)NC1CC1. The number of sulfonamides is 1. The molecule has 1 aromatic rings. The Kier molecular flexibility index (Phi) is 4.53. The van der Waals surface area contributed by atoms with E-state index in [0.717, 1.165) is 12.8 Å². The van der Waals surface area contributed by atoms with Crippen molar-refractivity contribution in [2.45, 2.75) is 30.2 Å². The standard InChI is InChI=1S/C11H17N5O3S/c12-16-9-3-5-13-7-10(9)20(18,19)14-6-4-11(17)15-8-1-2-8/h3,5,7-8,14H,1-2,4,6,12H2,(H,13,16)(H,15,17). The summed E-state index contributed by atoms with van der Waals surface area (Å²) in [5.41, 5.74) is 2.54. The predicted molar refractivity (Wildman–Crippen MR) is 73.0 cm³/mol. The van der Waals surface area contributed by atoms with Crippen LogP contribution in [-0.2, 0) is 14.8 Å². The highest BCUT2D eigenvalue weighted by Gasteiger charge is 2.23. The van der Waals surface area contributed by atoms with Crippen molar-refractivity contribution in [3.63, 3.8) is 0 Å². The summed E-state index contributed by atoms with van der Waals surface area (Å²) < 4.78 is 26.4. The highest BCUT2D eigenvalue weighted by Crippen LogP contribution is 2.19. The number of nitrogens with zero attached hydrogens (tertiary/aromatic N) is 1. The Balaban J connectivity index is 1.91. The van der Waals surface area contributed by atoms with Crippen molar-refractivity contribution in [1.82, 2.24) is 15.0 Å². The summed E-state index contributed by atoms with van der Waals surface area (Å²) in [6.45, 7) is 0.0276. The zero-order valence-corrected chi connectivity index (χ0v) is 11.6. The number of aromatic nitrogens is 1. The summed E-state index contributed by atoms with van der Waals surface area (Å²) in [4.78, 5) is 15.2. The lowest BCUT2D eigenvalue weighted by atomic mass is 10.4. The summed E-state index contributed by atoms with van der Waals surface area (Å²) >= 11 is 0. The van der Waals surface area contributed by atoms with E-state index in [-0.39, 0.29) is 35.5 Å². The number of hydrazine groups is 1. The number of amides is 1. The molecule has 1 aromatic heterocycles. The molecule has 0 aliphatic heterocycles. The summed E-state index contributed by atoms with van der Waals surface area (Å²) in [5, 5.41) is 2.78. The van der Waals surface area contributed by atoms with Crippen LogP contribution in [0, 0.1) is 0 Å². The maximum absolute atomic E-state index is 12.0. The Morgan fingerprint density at radius 3 is 2.85 bits per heavy atom. The lowest BCUT2D eigenvalue weighted by molar-refractivity contribution is -0.121. The molecule has 5 N–H and O–H groups in total. The molecule has 0 spiro atoms. The predicted octanol–water partition coefficient (Wildman–Crippen LogP) is -0.686. The van der Waals surface area contributed by atoms with Gasteiger partial charge in [-0.2, -0.15) is 0 Å². The van der Waals surface area contributed by atoms with Crippen LogP contribution in [0.25, 0.3) is 0 Å². The topological polar surface area (TPSA) is 126 Å². The molecule has 0 saturated heterocycles. The van der Waals surface area contributed by atoms with Crippen LogP contribution in [0.5, 0.6) is 0 Å². The molecule has 1 fully saturated rings. The quantitative estimate of drug-likeness (QED) is 0.390. The van der Waals surface area contributed by atoms with Crippen molar-refractivity contribution in [3.05, 3.63) is 18.5 Å². The van der Waals surface area contributed by atoms with Crippen molar-refractivity contribution in [2.24, 2.45) is 5.84 Å². The van der Waals surface area contributed by atoms with Gasteiger partial charge in [0.2, 0.25) is 15.9 Å². The van der Waals surface area contributed by atoms with Gasteiger partial charge in [0.15, 0.2) is 0 Å². The maximum Gasteiger partial charge on any atom is 0.244 e. The first-order valence-corrected chi connectivity index (χ1v) is 7.71. The zero-order valence-electron chi connectivity index (χ0n) is 10.8. The molecular formula is C11H17N5O3S. The Hall–Kier alpha value is -1.71. The minimum atomic E-state index is -3.75. The molecule has 110 valence electrons. The number of hydrogen-bond donors (Lipinski definition) is 4. The lowest BCUT2D eigenvalue weighted by Gasteiger charge is -2.10. The van der Waals surface area contributed by atoms with Crippen molar-refractivity contribution < 1.29 is 13.2 Å². The Labute approximate surface area is 117 Å². The van der Waals surface area contributed by atoms with Crippen LogP contribution < -0.4 is 21.3 Å². The summed E-state index contributed by atoms with van der Waals surface area (Å²) in [5.74, 6) is 5.10. The van der Waals surface area contributed by atoms with E-state index < -0.39 is 10.0 Å². The van der Waals surface area contributed by atoms with E-state index in [0.29, 0.717) is 0 Å². The van der Waals surface area contributed by atoms with Crippen LogP contribution in [0.4, 0.5) is 5.69 Å². The molecule has 0 atom stereocenters. The highest BCUT2D eigenvalue weighted by atomic mass is 32.2. The third-order valence-corrected chi connectivity index (χ3v) is 4.30. The summed E-state index contributed by atoms with van der Waals surface area (Å²) in [7, 11) is -3.75. The Morgan fingerprint density at radius 2 is 2.20 bits per heavy atom. The first-order valence-electron chi connectivity index (χ1n) is 6.22. The largest absolute Gasteiger partial charge is 0.353 e. The monoisotopic (exact) mass is 299 g/mol. The van der Waals surface area contributed by atoms with Gasteiger partial charge in [-0.15, -0.1) is 0 Å². The van der Waals surface area contributed by atoms with Crippen LogP contribution in [0.15, 0.2) is 23.4 Å². The molecule has 0 radical (unpaired) electrons. The van der Waals surface area contributed by atoms with Crippen molar-refractivity contribution in [2.75, 3.05) is 12.0 Å². The van der Waals surface area contributed by atoms with Crippen LogP contribution in [-0.4, -0.2) is 31.9 Å². The third-order valence-electron chi connectivity index (χ3n) is 2.82. The second-order valence-corrected chi connectivity index (χ2v) is 6.24. The van der Waals surface area contributed by atoms with E-state index in [1.165, 1.54) is 18.5 Å². The van der Waals surface area contributed by atoms with Gasteiger partial charge in [-0.3, -0.25) is 15.6 Å². The maximum atomic E-state index is 12.0. The van der Waals surface area contributed by atoms with E-state index in [1.807, 2.05) is 0 Å². The number of carbonyl (C=O) groups excluding carboxylic acids is 1. The van der Waals surface area contributed by atoms with Gasteiger partial charge < -0.3 is 10.7 Å². The summed E-state index contributed by atoms with van der Waals surface area (Å²) in [6.07, 6.45) is 4.72. The van der Waals surface area contributed by atoms with Crippen LogP contribution in [0.3, 0.4) is 0 Å². The highest BCUT2D eigenvalue weighted by molar-refractivity contribution is 7.89. The second-order valence-electron chi connectivity index (χ2n) is 4.51. The van der Waals surface area contributed by atoms with Gasteiger partial charge in [-0.25, -0.2) is 13.1 Å². The van der Waals surface area contributed by atoms with Gasteiger partial charge in [-0.1, -0.05) is 0 Å². The number of anilines is 1. The Morgan fingerprint density at radius 1 is 1.45 bits per heavy atom. The fourth-order valence-corrected chi connectivity index (χ4v) is 2.76. The van der Waals surface area contributed by atoms with Gasteiger partial charge >= 0.3 is 0 Å². The molecule has 8 nitrogen and oxygen atoms in total. The third kappa shape index (κ3) is 3.89. The minimum absolute atomic E-state index is 0.0276. The molecule has 0 bridgehead atoms. The van der Waals surface area contributed by atoms with Gasteiger partial charge in [0, 0.05) is 31.4 Å². The fraction of sp³-hybridized carbons (Fsp3) is 0.455. The van der Waals surface area contributed by atoms with E-state index in [9.17, 15) is 13.2 Å². The molecule has 2 rings (SSSR count). The summed E-state index contributed by atoms with van der Waals surface area (Å²) in [6, 6.07) is 1.72. The second kappa shape index (κ2) is 6.16. The van der Waals surface area contributed by atoms with E-state index >= 15 is 0 Å². The number of rotatable bonds is 7. The molecule has 1 aliphatic carbocycles.